The molecule has 0 aromatic carbocycles. The van der Waals surface area contributed by atoms with Gasteiger partial charge in [-0.15, -0.1) is 0 Å². The third-order valence-corrected chi connectivity index (χ3v) is 17.8. The van der Waals surface area contributed by atoms with Gasteiger partial charge < -0.3 is 19.8 Å². The molecule has 0 aliphatic rings. The van der Waals surface area contributed by atoms with Gasteiger partial charge >= 0.3 is 0 Å². The Hall–Kier alpha value is 1.16. The summed E-state index contributed by atoms with van der Waals surface area (Å²) in [5, 5.41) is 16.7. The van der Waals surface area contributed by atoms with E-state index in [2.05, 4.69) is 83.1 Å². The number of hydrogen-bond donors (Lipinski definition) is 4. The molecule has 4 N–H and O–H groups in total. The molecule has 0 spiro atoms. The predicted molar refractivity (Wildman–Crippen MR) is 150 cm³/mol. The van der Waals surface area contributed by atoms with E-state index in [1.807, 2.05) is 13.8 Å². The number of rotatable bonds is 8. The second kappa shape index (κ2) is 22.4. The van der Waals surface area contributed by atoms with Crippen LogP contribution in [0.15, 0.2) is 0 Å². The second-order valence-electron chi connectivity index (χ2n) is 11.2. The zero-order valence-electron chi connectivity index (χ0n) is 25.3. The van der Waals surface area contributed by atoms with E-state index in [0.717, 1.165) is 12.8 Å². The zero-order valence-corrected chi connectivity index (χ0v) is 29.8. The summed E-state index contributed by atoms with van der Waals surface area (Å²) in [7, 11) is -3.96. The Morgan fingerprint density at radius 3 is 0.515 bits per heavy atom. The van der Waals surface area contributed by atoms with Gasteiger partial charge in [-0.3, -0.25) is 0 Å². The Morgan fingerprint density at radius 2 is 0.515 bits per heavy atom. The molecule has 0 amide bonds. The van der Waals surface area contributed by atoms with Crippen molar-refractivity contribution in [3.63, 3.8) is 0 Å². The fourth-order valence-corrected chi connectivity index (χ4v) is 12.0. The minimum atomic E-state index is -1.98. The van der Waals surface area contributed by atoms with Crippen LogP contribution in [0.2, 0.25) is 33.2 Å². The summed E-state index contributed by atoms with van der Waals surface area (Å²) >= 11 is 0. The van der Waals surface area contributed by atoms with Gasteiger partial charge in [-0.05, 0) is 59.9 Å². The molecule has 0 radical (unpaired) electrons. The van der Waals surface area contributed by atoms with E-state index in [9.17, 15) is 9.59 Å². The summed E-state index contributed by atoms with van der Waals surface area (Å²) in [6.45, 7) is 33.2. The minimum absolute atomic E-state index is 0. The van der Waals surface area contributed by atoms with E-state index in [0.29, 0.717) is 33.2 Å². The van der Waals surface area contributed by atoms with E-state index in [-0.39, 0.29) is 38.4 Å². The molecule has 4 nitrogen and oxygen atoms in total. The molecule has 2 atom stereocenters. The SMILES string of the molecule is CC(C)[Si](O)(C(C)C)C(C)C.CC(C)[Si](O)(C(C)C)C(C)C.CCC(C)O.CCC(C)O.[Zr]. The first-order valence-corrected chi connectivity index (χ1v) is 17.4. The maximum Gasteiger partial charge on any atom is 0.196 e. The van der Waals surface area contributed by atoms with E-state index in [1.165, 1.54) is 0 Å². The standard InChI is InChI=1S/2C9H22OSi.2C4H10O.Zr/c2*1-7(2)11(10,8(3)4)9(5)6;2*1-3-4(2)5;/h2*7-10H,1-6H3;2*4-5H,3H2,1-2H3;. The molecule has 7 heteroatoms. The first kappa shape index (κ1) is 44.2. The third-order valence-electron chi connectivity index (χ3n) is 6.73. The first-order chi connectivity index (χ1) is 14.2. The van der Waals surface area contributed by atoms with Gasteiger partial charge in [-0.1, -0.05) is 96.9 Å². The van der Waals surface area contributed by atoms with E-state index in [4.69, 9.17) is 10.2 Å². The van der Waals surface area contributed by atoms with Crippen molar-refractivity contribution >= 4 is 16.6 Å². The van der Waals surface area contributed by atoms with Gasteiger partial charge in [-0.2, -0.15) is 0 Å². The van der Waals surface area contributed by atoms with Crippen LogP contribution in [-0.4, -0.2) is 48.6 Å². The quantitative estimate of drug-likeness (QED) is 0.218. The number of hydrogen-bond acceptors (Lipinski definition) is 4. The third kappa shape index (κ3) is 19.0. The van der Waals surface area contributed by atoms with Gasteiger partial charge in [0.15, 0.2) is 16.6 Å². The number of aliphatic hydroxyl groups is 2. The van der Waals surface area contributed by atoms with Crippen molar-refractivity contribution in [1.29, 1.82) is 0 Å². The fraction of sp³-hybridized carbons (Fsp3) is 1.00. The maximum atomic E-state index is 10.4. The molecular weight excluding hydrogens is 524 g/mol. The van der Waals surface area contributed by atoms with Crippen LogP contribution in [-0.2, 0) is 26.2 Å². The van der Waals surface area contributed by atoms with Crippen molar-refractivity contribution in [1.82, 2.24) is 0 Å². The smallest absolute Gasteiger partial charge is 0.196 e. The average molecular weight is 588 g/mol. The predicted octanol–water partition coefficient (Wildman–Crippen LogP) is 7.86. The molecule has 0 fully saturated rings. The van der Waals surface area contributed by atoms with Crippen LogP contribution in [0, 0.1) is 0 Å². The Labute approximate surface area is 230 Å². The molecule has 0 aromatic rings. The van der Waals surface area contributed by atoms with Crippen LogP contribution >= 0.6 is 0 Å². The van der Waals surface area contributed by atoms with Crippen LogP contribution in [0.5, 0.6) is 0 Å². The van der Waals surface area contributed by atoms with Gasteiger partial charge in [-0.25, -0.2) is 0 Å². The largest absolute Gasteiger partial charge is 0.431 e. The van der Waals surface area contributed by atoms with E-state index < -0.39 is 16.6 Å². The number of aliphatic hydroxyl groups excluding tert-OH is 2. The molecule has 0 saturated carbocycles. The van der Waals surface area contributed by atoms with Crippen LogP contribution in [0.4, 0.5) is 0 Å². The van der Waals surface area contributed by atoms with Crippen molar-refractivity contribution in [2.75, 3.05) is 0 Å². The fourth-order valence-electron chi connectivity index (χ4n) is 4.00. The molecule has 33 heavy (non-hydrogen) atoms. The minimum Gasteiger partial charge on any atom is -0.431 e. The van der Waals surface area contributed by atoms with Crippen molar-refractivity contribution in [2.45, 2.75) is 169 Å². The maximum absolute atomic E-state index is 10.4. The molecule has 204 valence electrons. The Kier molecular flexibility index (Phi) is 29.9. The molecule has 0 heterocycles. The molecule has 0 aromatic heterocycles. The average Bonchev–Trinajstić information content (AvgIpc) is 2.66. The van der Waals surface area contributed by atoms with E-state index in [1.54, 1.807) is 13.8 Å². The molecular formula is C26H64O4Si2Zr. The van der Waals surface area contributed by atoms with Crippen molar-refractivity contribution < 1.29 is 46.0 Å². The molecule has 0 rings (SSSR count). The van der Waals surface area contributed by atoms with Crippen LogP contribution < -0.4 is 0 Å². The Morgan fingerprint density at radius 1 is 0.424 bits per heavy atom. The molecule has 2 unspecified atom stereocenters. The summed E-state index contributed by atoms with van der Waals surface area (Å²) in [6, 6.07) is 0. The Balaban J connectivity index is -0.000000112. The van der Waals surface area contributed by atoms with Crippen molar-refractivity contribution in [3.8, 4) is 0 Å². The van der Waals surface area contributed by atoms with Gasteiger partial charge in [0.1, 0.15) is 0 Å². The summed E-state index contributed by atoms with van der Waals surface area (Å²) in [5.41, 5.74) is 2.85. The zero-order chi connectivity index (χ0) is 27.0. The summed E-state index contributed by atoms with van der Waals surface area (Å²) in [6.07, 6.45) is 1.49. The second-order valence-corrected chi connectivity index (χ2v) is 21.7. The summed E-state index contributed by atoms with van der Waals surface area (Å²) in [4.78, 5) is 20.8. The Bertz CT molecular complexity index is 332. The molecule has 0 aliphatic carbocycles. The molecule has 0 saturated heterocycles. The van der Waals surface area contributed by atoms with Crippen LogP contribution in [0.1, 0.15) is 124 Å². The monoisotopic (exact) mass is 586 g/mol. The summed E-state index contributed by atoms with van der Waals surface area (Å²) in [5.74, 6) is 0. The van der Waals surface area contributed by atoms with Crippen molar-refractivity contribution in [2.24, 2.45) is 0 Å². The van der Waals surface area contributed by atoms with Gasteiger partial charge in [0.05, 0.1) is 12.2 Å². The molecule has 0 aliphatic heterocycles. The molecule has 0 bridgehead atoms. The topological polar surface area (TPSA) is 80.9 Å². The van der Waals surface area contributed by atoms with Crippen LogP contribution in [0.25, 0.3) is 0 Å². The van der Waals surface area contributed by atoms with Gasteiger partial charge in [0.25, 0.3) is 0 Å². The summed E-state index contributed by atoms with van der Waals surface area (Å²) < 4.78 is 0. The van der Waals surface area contributed by atoms with Crippen molar-refractivity contribution in [3.05, 3.63) is 0 Å². The first-order valence-electron chi connectivity index (χ1n) is 13.0. The van der Waals surface area contributed by atoms with Crippen LogP contribution in [0.3, 0.4) is 0 Å². The normalized spacial score (nSPS) is 13.6. The van der Waals surface area contributed by atoms with Gasteiger partial charge in [0.2, 0.25) is 0 Å². The van der Waals surface area contributed by atoms with E-state index >= 15 is 0 Å². The van der Waals surface area contributed by atoms with Gasteiger partial charge in [0, 0.05) is 26.2 Å².